The van der Waals surface area contributed by atoms with Gasteiger partial charge in [0.25, 0.3) is 0 Å². The highest BCUT2D eigenvalue weighted by molar-refractivity contribution is 5.78. The van der Waals surface area contributed by atoms with Crippen LogP contribution in [0.5, 0.6) is 5.75 Å². The molecule has 0 atom stereocenters. The fourth-order valence-electron chi connectivity index (χ4n) is 1.85. The van der Waals surface area contributed by atoms with Crippen molar-refractivity contribution in [3.05, 3.63) is 36.5 Å². The molecular weight excluding hydrogens is 231 g/mol. The van der Waals surface area contributed by atoms with Gasteiger partial charge in [0.15, 0.2) is 0 Å². The maximum Gasteiger partial charge on any atom is 0.573 e. The molecule has 1 aromatic heterocycles. The summed E-state index contributed by atoms with van der Waals surface area (Å²) in [7, 11) is 0. The molecule has 4 aliphatic rings. The molecule has 2 nitrogen and oxygen atoms in total. The third-order valence-electron chi connectivity index (χ3n) is 2.58. The van der Waals surface area contributed by atoms with Crippen molar-refractivity contribution < 1.29 is 17.9 Å². The zero-order chi connectivity index (χ0) is 12.0. The van der Waals surface area contributed by atoms with E-state index in [1.165, 1.54) is 6.07 Å². The molecule has 0 saturated carbocycles. The molecule has 2 aliphatic carbocycles. The van der Waals surface area contributed by atoms with E-state index in [0.717, 1.165) is 5.56 Å². The minimum atomic E-state index is -4.69. The third kappa shape index (κ3) is 1.73. The second kappa shape index (κ2) is 3.23. The molecular formula is C12H6F3NO. The number of nitrogens with zero attached hydrogens (tertiary/aromatic N) is 1. The predicted molar refractivity (Wildman–Crippen MR) is 55.4 cm³/mol. The van der Waals surface area contributed by atoms with Crippen LogP contribution in [0.2, 0.25) is 0 Å². The predicted octanol–water partition coefficient (Wildman–Crippen LogP) is 3.63. The van der Waals surface area contributed by atoms with Crippen LogP contribution in [0.15, 0.2) is 36.5 Å². The summed E-state index contributed by atoms with van der Waals surface area (Å²) < 4.78 is 40.8. The van der Waals surface area contributed by atoms with Gasteiger partial charge in [-0.3, -0.25) is 4.98 Å². The molecule has 1 aromatic carbocycles. The maximum atomic E-state index is 12.3. The molecule has 0 spiro atoms. The Morgan fingerprint density at radius 1 is 1.00 bits per heavy atom. The molecule has 86 valence electrons. The lowest BCUT2D eigenvalue weighted by Gasteiger charge is -2.17. The Kier molecular flexibility index (Phi) is 1.92. The van der Waals surface area contributed by atoms with Crippen molar-refractivity contribution in [2.24, 2.45) is 0 Å². The highest BCUT2D eigenvalue weighted by atomic mass is 19.4. The first-order valence-corrected chi connectivity index (χ1v) is 4.89. The van der Waals surface area contributed by atoms with Gasteiger partial charge in [0.2, 0.25) is 0 Å². The van der Waals surface area contributed by atoms with Crippen LogP contribution in [0, 0.1) is 0 Å². The van der Waals surface area contributed by atoms with Gasteiger partial charge in [0.05, 0.1) is 5.69 Å². The fourth-order valence-corrected chi connectivity index (χ4v) is 1.85. The van der Waals surface area contributed by atoms with Gasteiger partial charge in [-0.2, -0.15) is 0 Å². The molecule has 0 N–H and O–H groups in total. The molecule has 2 aromatic rings. The van der Waals surface area contributed by atoms with Gasteiger partial charge in [0.1, 0.15) is 5.75 Å². The zero-order valence-corrected chi connectivity index (χ0v) is 8.45. The molecule has 0 saturated heterocycles. The van der Waals surface area contributed by atoms with Crippen molar-refractivity contribution in [3.8, 4) is 28.1 Å². The van der Waals surface area contributed by atoms with Crippen LogP contribution in [0.4, 0.5) is 13.2 Å². The molecule has 0 unspecified atom stereocenters. The minimum Gasteiger partial charge on any atom is -0.405 e. The van der Waals surface area contributed by atoms with Gasteiger partial charge in [-0.1, -0.05) is 12.1 Å². The first-order valence-electron chi connectivity index (χ1n) is 4.89. The van der Waals surface area contributed by atoms with Crippen molar-refractivity contribution in [2.45, 2.75) is 6.36 Å². The topological polar surface area (TPSA) is 22.1 Å². The Morgan fingerprint density at radius 3 is 2.41 bits per heavy atom. The molecule has 0 fully saturated rings. The van der Waals surface area contributed by atoms with E-state index in [-0.39, 0.29) is 5.75 Å². The zero-order valence-electron chi connectivity index (χ0n) is 8.45. The number of halogens is 3. The summed E-state index contributed by atoms with van der Waals surface area (Å²) in [6.07, 6.45) is -3.06. The largest absolute Gasteiger partial charge is 0.573 e. The highest BCUT2D eigenvalue weighted by Crippen LogP contribution is 2.38. The minimum absolute atomic E-state index is 0.205. The number of aromatic nitrogens is 1. The van der Waals surface area contributed by atoms with Gasteiger partial charge in [-0.05, 0) is 23.8 Å². The summed E-state index contributed by atoms with van der Waals surface area (Å²) in [4.78, 5) is 4.08. The molecule has 17 heavy (non-hydrogen) atoms. The van der Waals surface area contributed by atoms with Crippen molar-refractivity contribution in [2.75, 3.05) is 0 Å². The number of ether oxygens (including phenoxy) is 1. The number of hydrogen-bond acceptors (Lipinski definition) is 2. The first-order chi connectivity index (χ1) is 8.03. The Morgan fingerprint density at radius 2 is 1.76 bits per heavy atom. The molecule has 6 rings (SSSR count). The lowest BCUT2D eigenvalue weighted by Crippen LogP contribution is -2.18. The van der Waals surface area contributed by atoms with Crippen LogP contribution in [0.1, 0.15) is 0 Å². The quantitative estimate of drug-likeness (QED) is 0.644. The van der Waals surface area contributed by atoms with E-state index in [1.807, 2.05) is 6.07 Å². The van der Waals surface area contributed by atoms with Crippen LogP contribution in [0.3, 0.4) is 0 Å². The van der Waals surface area contributed by atoms with Gasteiger partial charge in [-0.15, -0.1) is 13.2 Å². The van der Waals surface area contributed by atoms with Crippen LogP contribution in [-0.2, 0) is 0 Å². The first kappa shape index (κ1) is 10.1. The van der Waals surface area contributed by atoms with Crippen molar-refractivity contribution in [3.63, 3.8) is 0 Å². The van der Waals surface area contributed by atoms with E-state index in [4.69, 9.17) is 0 Å². The highest BCUT2D eigenvalue weighted by Gasteiger charge is 2.32. The summed E-state index contributed by atoms with van der Waals surface area (Å²) in [5, 5.41) is 0. The number of alkyl halides is 3. The summed E-state index contributed by atoms with van der Waals surface area (Å²) in [5.74, 6) is -0.205. The Hall–Kier alpha value is -2.04. The molecule has 2 aliphatic heterocycles. The second-order valence-electron chi connectivity index (χ2n) is 3.69. The van der Waals surface area contributed by atoms with E-state index in [0.29, 0.717) is 16.8 Å². The monoisotopic (exact) mass is 237 g/mol. The lowest BCUT2D eigenvalue weighted by molar-refractivity contribution is -0.274. The molecule has 3 heterocycles. The van der Waals surface area contributed by atoms with Crippen molar-refractivity contribution in [1.29, 1.82) is 0 Å². The van der Waals surface area contributed by atoms with Crippen LogP contribution >= 0.6 is 0 Å². The van der Waals surface area contributed by atoms with E-state index in [9.17, 15) is 13.2 Å². The molecule has 4 bridgehead atoms. The fraction of sp³-hybridized carbons (Fsp3) is 0.0833. The Bertz CT molecular complexity index is 575. The summed E-state index contributed by atoms with van der Waals surface area (Å²) in [6.45, 7) is 0. The van der Waals surface area contributed by atoms with Crippen molar-refractivity contribution >= 4 is 0 Å². The maximum absolute atomic E-state index is 12.3. The summed E-state index contributed by atoms with van der Waals surface area (Å²) >= 11 is 0. The van der Waals surface area contributed by atoms with Gasteiger partial charge < -0.3 is 4.74 Å². The smallest absolute Gasteiger partial charge is 0.405 e. The standard InChI is InChI=1S/C12H6F3NO/c13-12(14,15)17-11-5-7-1-3-9(11)10-4-2-8(7)6-16-10/h1-6H. The van der Waals surface area contributed by atoms with Gasteiger partial charge in [0, 0.05) is 17.3 Å². The van der Waals surface area contributed by atoms with E-state index in [2.05, 4.69) is 9.72 Å². The number of pyridine rings is 1. The average molecular weight is 237 g/mol. The molecule has 0 amide bonds. The Labute approximate surface area is 94.7 Å². The van der Waals surface area contributed by atoms with Crippen LogP contribution in [0.25, 0.3) is 22.4 Å². The number of hydrogen-bond donors (Lipinski definition) is 0. The normalized spacial score (nSPS) is 12.4. The SMILES string of the molecule is FC(F)(F)Oc1cc2ccc1-c1ccc-2cn1. The van der Waals surface area contributed by atoms with Crippen LogP contribution < -0.4 is 4.74 Å². The van der Waals surface area contributed by atoms with Crippen LogP contribution in [-0.4, -0.2) is 11.3 Å². The van der Waals surface area contributed by atoms with Crippen molar-refractivity contribution in [1.82, 2.24) is 4.98 Å². The average Bonchev–Trinajstić information content (AvgIpc) is 2.23. The summed E-state index contributed by atoms with van der Waals surface area (Å²) in [6, 6.07) is 8.23. The van der Waals surface area contributed by atoms with E-state index in [1.54, 1.807) is 24.4 Å². The van der Waals surface area contributed by atoms with E-state index >= 15 is 0 Å². The van der Waals surface area contributed by atoms with E-state index < -0.39 is 6.36 Å². The number of benzene rings is 1. The second-order valence-corrected chi connectivity index (χ2v) is 3.69. The van der Waals surface area contributed by atoms with Gasteiger partial charge in [-0.25, -0.2) is 0 Å². The molecule has 5 heteroatoms. The lowest BCUT2D eigenvalue weighted by atomic mass is 9.98. The molecule has 0 radical (unpaired) electrons. The summed E-state index contributed by atoms with van der Waals surface area (Å²) in [5.41, 5.74) is 2.25. The Balaban J connectivity index is 2.18. The van der Waals surface area contributed by atoms with Gasteiger partial charge >= 0.3 is 6.36 Å². The third-order valence-corrected chi connectivity index (χ3v) is 2.58. The number of rotatable bonds is 1.